The van der Waals surface area contributed by atoms with Crippen molar-refractivity contribution in [2.45, 2.75) is 27.2 Å². The van der Waals surface area contributed by atoms with Gasteiger partial charge in [-0.1, -0.05) is 49.4 Å². The highest BCUT2D eigenvalue weighted by atomic mass is 32.2. The molecule has 0 bridgehead atoms. The average molecular weight is 356 g/mol. The molecule has 0 aromatic heterocycles. The van der Waals surface area contributed by atoms with Gasteiger partial charge in [0.1, 0.15) is 0 Å². The van der Waals surface area contributed by atoms with Gasteiger partial charge in [0.05, 0.1) is 6.26 Å². The molecule has 0 saturated carbocycles. The fourth-order valence-corrected chi connectivity index (χ4v) is 3.28. The minimum absolute atomic E-state index is 0.567. The molecule has 0 aliphatic carbocycles. The summed E-state index contributed by atoms with van der Waals surface area (Å²) in [5.41, 5.74) is 6.36. The molecule has 0 unspecified atom stereocenters. The normalized spacial score (nSPS) is 13.0. The molecule has 0 aliphatic heterocycles. The van der Waals surface area contributed by atoms with Crippen LogP contribution in [-0.4, -0.2) is 14.7 Å². The smallest absolute Gasteiger partial charge is 0.229 e. The monoisotopic (exact) mass is 355 g/mol. The number of hydrogen-bond acceptors (Lipinski definition) is 2. The predicted octanol–water partition coefficient (Wildman–Crippen LogP) is 5.13. The van der Waals surface area contributed by atoms with Crippen LogP contribution in [0.1, 0.15) is 37.5 Å². The van der Waals surface area contributed by atoms with Gasteiger partial charge in [0, 0.05) is 5.69 Å². The van der Waals surface area contributed by atoms with Crippen molar-refractivity contribution in [1.29, 1.82) is 0 Å². The Bertz CT molecular complexity index is 909. The highest BCUT2D eigenvalue weighted by Gasteiger charge is 2.09. The van der Waals surface area contributed by atoms with Gasteiger partial charge in [-0.25, -0.2) is 8.42 Å². The third kappa shape index (κ3) is 5.33. The SMILES string of the molecule is C/C=C(C)/C(=C\c1cccc(NS(C)(=O)=O)c1)c1ccccc1CC. The van der Waals surface area contributed by atoms with E-state index < -0.39 is 10.0 Å². The summed E-state index contributed by atoms with van der Waals surface area (Å²) < 4.78 is 25.4. The number of sulfonamides is 1. The quantitative estimate of drug-likeness (QED) is 0.577. The van der Waals surface area contributed by atoms with Crippen molar-refractivity contribution in [2.24, 2.45) is 0 Å². The van der Waals surface area contributed by atoms with E-state index in [2.05, 4.69) is 48.9 Å². The minimum atomic E-state index is -3.29. The van der Waals surface area contributed by atoms with Crippen LogP contribution in [0, 0.1) is 0 Å². The molecule has 0 saturated heterocycles. The molecule has 0 fully saturated rings. The number of aryl methyl sites for hydroxylation is 1. The Labute approximate surface area is 151 Å². The number of rotatable bonds is 6. The maximum Gasteiger partial charge on any atom is 0.229 e. The van der Waals surface area contributed by atoms with Gasteiger partial charge in [0.15, 0.2) is 0 Å². The Morgan fingerprint density at radius 3 is 2.48 bits per heavy atom. The van der Waals surface area contributed by atoms with Crippen molar-refractivity contribution in [1.82, 2.24) is 0 Å². The van der Waals surface area contributed by atoms with Crippen molar-refractivity contribution < 1.29 is 8.42 Å². The lowest BCUT2D eigenvalue weighted by molar-refractivity contribution is 0.607. The second-order valence-electron chi connectivity index (χ2n) is 6.04. The van der Waals surface area contributed by atoms with E-state index in [9.17, 15) is 8.42 Å². The highest BCUT2D eigenvalue weighted by Crippen LogP contribution is 2.29. The van der Waals surface area contributed by atoms with Crippen LogP contribution in [0.2, 0.25) is 0 Å². The van der Waals surface area contributed by atoms with Gasteiger partial charge in [0.25, 0.3) is 0 Å². The van der Waals surface area contributed by atoms with Gasteiger partial charge < -0.3 is 0 Å². The first kappa shape index (κ1) is 19.0. The molecular formula is C21H25NO2S. The van der Waals surface area contributed by atoms with Crippen LogP contribution in [-0.2, 0) is 16.4 Å². The van der Waals surface area contributed by atoms with Gasteiger partial charge >= 0.3 is 0 Å². The summed E-state index contributed by atoms with van der Waals surface area (Å²) in [5, 5.41) is 0. The molecule has 25 heavy (non-hydrogen) atoms. The Kier molecular flexibility index (Phi) is 6.21. The van der Waals surface area contributed by atoms with Crippen LogP contribution in [0.3, 0.4) is 0 Å². The van der Waals surface area contributed by atoms with Crippen molar-refractivity contribution >= 4 is 27.4 Å². The Balaban J connectivity index is 2.54. The molecule has 0 aliphatic rings. The van der Waals surface area contributed by atoms with Crippen molar-refractivity contribution in [3.05, 3.63) is 76.9 Å². The summed E-state index contributed by atoms with van der Waals surface area (Å²) in [5.74, 6) is 0. The second kappa shape index (κ2) is 8.17. The number of hydrogen-bond donors (Lipinski definition) is 1. The van der Waals surface area contributed by atoms with E-state index in [0.29, 0.717) is 5.69 Å². The molecule has 1 N–H and O–H groups in total. The van der Waals surface area contributed by atoms with E-state index in [1.807, 2.05) is 31.2 Å². The molecular weight excluding hydrogens is 330 g/mol. The van der Waals surface area contributed by atoms with E-state index in [1.54, 1.807) is 6.07 Å². The fraction of sp³-hybridized carbons (Fsp3) is 0.238. The van der Waals surface area contributed by atoms with Gasteiger partial charge in [0.2, 0.25) is 10.0 Å². The van der Waals surface area contributed by atoms with Crippen LogP contribution >= 0.6 is 0 Å². The van der Waals surface area contributed by atoms with Crippen LogP contribution in [0.15, 0.2) is 60.2 Å². The van der Waals surface area contributed by atoms with Gasteiger partial charge in [-0.15, -0.1) is 0 Å². The molecule has 132 valence electrons. The average Bonchev–Trinajstić information content (AvgIpc) is 2.58. The number of allylic oxidation sites excluding steroid dienone is 3. The molecule has 0 radical (unpaired) electrons. The Hall–Kier alpha value is -2.33. The third-order valence-electron chi connectivity index (χ3n) is 4.05. The zero-order valence-electron chi connectivity index (χ0n) is 15.2. The Morgan fingerprint density at radius 2 is 1.84 bits per heavy atom. The van der Waals surface area contributed by atoms with E-state index >= 15 is 0 Å². The summed E-state index contributed by atoms with van der Waals surface area (Å²) in [6, 6.07) is 15.8. The first-order valence-corrected chi connectivity index (χ1v) is 10.2. The maximum absolute atomic E-state index is 11.5. The lowest BCUT2D eigenvalue weighted by Crippen LogP contribution is -2.09. The van der Waals surface area contributed by atoms with Gasteiger partial charge in [-0.05, 0) is 66.3 Å². The van der Waals surface area contributed by atoms with Crippen LogP contribution in [0.5, 0.6) is 0 Å². The zero-order valence-corrected chi connectivity index (χ0v) is 16.0. The fourth-order valence-electron chi connectivity index (χ4n) is 2.72. The molecule has 2 rings (SSSR count). The zero-order chi connectivity index (χ0) is 18.4. The van der Waals surface area contributed by atoms with Gasteiger partial charge in [-0.3, -0.25) is 4.72 Å². The van der Waals surface area contributed by atoms with E-state index in [4.69, 9.17) is 0 Å². The van der Waals surface area contributed by atoms with Crippen molar-refractivity contribution in [3.8, 4) is 0 Å². The molecule has 2 aromatic carbocycles. The van der Waals surface area contributed by atoms with Crippen LogP contribution in [0.4, 0.5) is 5.69 Å². The molecule has 0 heterocycles. The topological polar surface area (TPSA) is 46.2 Å². The van der Waals surface area contributed by atoms with Crippen molar-refractivity contribution in [3.63, 3.8) is 0 Å². The summed E-state index contributed by atoms with van der Waals surface area (Å²) in [6.45, 7) is 6.27. The lowest BCUT2D eigenvalue weighted by atomic mass is 9.91. The lowest BCUT2D eigenvalue weighted by Gasteiger charge is -2.14. The second-order valence-corrected chi connectivity index (χ2v) is 7.79. The van der Waals surface area contributed by atoms with E-state index in [1.165, 1.54) is 16.7 Å². The van der Waals surface area contributed by atoms with E-state index in [0.717, 1.165) is 23.8 Å². The van der Waals surface area contributed by atoms with Gasteiger partial charge in [-0.2, -0.15) is 0 Å². The molecule has 0 amide bonds. The standard InChI is InChI=1S/C21H25NO2S/c1-5-16(3)21(20-13-8-7-11-18(20)6-2)15-17-10-9-12-19(14-17)22-25(4,23)24/h5,7-15,22H,6H2,1-4H3/b16-5+,21-15+. The molecule has 3 nitrogen and oxygen atoms in total. The first-order chi connectivity index (χ1) is 11.8. The summed E-state index contributed by atoms with van der Waals surface area (Å²) in [6.07, 6.45) is 6.32. The summed E-state index contributed by atoms with van der Waals surface area (Å²) in [7, 11) is -3.29. The summed E-state index contributed by atoms with van der Waals surface area (Å²) in [4.78, 5) is 0. The Morgan fingerprint density at radius 1 is 1.12 bits per heavy atom. The third-order valence-corrected chi connectivity index (χ3v) is 4.65. The molecule has 0 atom stereocenters. The first-order valence-electron chi connectivity index (χ1n) is 8.35. The summed E-state index contributed by atoms with van der Waals surface area (Å²) >= 11 is 0. The number of benzene rings is 2. The van der Waals surface area contributed by atoms with E-state index in [-0.39, 0.29) is 0 Å². The van der Waals surface area contributed by atoms with Crippen molar-refractivity contribution in [2.75, 3.05) is 11.0 Å². The molecule has 4 heteroatoms. The highest BCUT2D eigenvalue weighted by molar-refractivity contribution is 7.92. The number of nitrogens with one attached hydrogen (secondary N) is 1. The molecule has 2 aromatic rings. The van der Waals surface area contributed by atoms with Crippen LogP contribution < -0.4 is 4.72 Å². The van der Waals surface area contributed by atoms with Crippen LogP contribution in [0.25, 0.3) is 11.6 Å². The predicted molar refractivity (Wildman–Crippen MR) is 108 cm³/mol. The number of anilines is 1. The maximum atomic E-state index is 11.5. The molecule has 0 spiro atoms. The minimum Gasteiger partial charge on any atom is -0.284 e. The largest absolute Gasteiger partial charge is 0.284 e.